The zero-order chi connectivity index (χ0) is 24.1. The molecule has 0 aliphatic carbocycles. The van der Waals surface area contributed by atoms with Crippen molar-refractivity contribution in [3.8, 4) is 0 Å². The summed E-state index contributed by atoms with van der Waals surface area (Å²) in [5.41, 5.74) is 8.92. The van der Waals surface area contributed by atoms with Crippen molar-refractivity contribution in [3.05, 3.63) is 88.7 Å². The van der Waals surface area contributed by atoms with Gasteiger partial charge in [0, 0.05) is 11.0 Å². The van der Waals surface area contributed by atoms with Crippen molar-refractivity contribution in [1.82, 2.24) is 9.78 Å². The average molecular weight is 436 g/mol. The molecule has 0 spiro atoms. The van der Waals surface area contributed by atoms with Crippen molar-refractivity contribution in [3.63, 3.8) is 0 Å². The van der Waals surface area contributed by atoms with Crippen LogP contribution < -0.4 is 5.73 Å². The van der Waals surface area contributed by atoms with Crippen LogP contribution in [0.4, 0.5) is 0 Å². The van der Waals surface area contributed by atoms with Crippen LogP contribution >= 0.6 is 0 Å². The zero-order valence-electron chi connectivity index (χ0n) is 19.7. The summed E-state index contributed by atoms with van der Waals surface area (Å²) in [6.07, 6.45) is 0. The predicted octanol–water partition coefficient (Wildman–Crippen LogP) is 5.01. The Hall–Kier alpha value is -3.41. The monoisotopic (exact) mass is 435 g/mol. The SMILES string of the molecule is CC(C)(C)c1cc(C(=O)O)n(Cc2ccccc2)n1.CC(C)(C)c1ccc(C(N)=O)cc1. The molecular weight excluding hydrogens is 402 g/mol. The van der Waals surface area contributed by atoms with E-state index in [4.69, 9.17) is 5.73 Å². The number of hydrogen-bond donors (Lipinski definition) is 2. The molecule has 3 rings (SSSR count). The smallest absolute Gasteiger partial charge is 0.354 e. The number of carboxylic acid groups (broad SMARTS) is 1. The highest BCUT2D eigenvalue weighted by molar-refractivity contribution is 5.92. The maximum Gasteiger partial charge on any atom is 0.354 e. The van der Waals surface area contributed by atoms with Crippen LogP contribution in [0.3, 0.4) is 0 Å². The molecule has 0 saturated heterocycles. The number of carboxylic acids is 1. The largest absolute Gasteiger partial charge is 0.477 e. The lowest BCUT2D eigenvalue weighted by atomic mass is 9.87. The summed E-state index contributed by atoms with van der Waals surface area (Å²) in [5, 5.41) is 13.7. The summed E-state index contributed by atoms with van der Waals surface area (Å²) in [6.45, 7) is 12.9. The predicted molar refractivity (Wildman–Crippen MR) is 127 cm³/mol. The minimum atomic E-state index is -0.945. The maximum absolute atomic E-state index is 11.3. The van der Waals surface area contributed by atoms with Crippen LogP contribution in [0.2, 0.25) is 0 Å². The van der Waals surface area contributed by atoms with Crippen molar-refractivity contribution in [2.45, 2.75) is 58.9 Å². The molecule has 32 heavy (non-hydrogen) atoms. The Morgan fingerprint density at radius 2 is 1.47 bits per heavy atom. The molecule has 2 aromatic carbocycles. The van der Waals surface area contributed by atoms with Crippen LogP contribution in [-0.2, 0) is 17.4 Å². The van der Waals surface area contributed by atoms with Gasteiger partial charge in [-0.25, -0.2) is 4.79 Å². The second-order valence-electron chi connectivity index (χ2n) is 9.80. The molecule has 1 amide bonds. The molecule has 0 unspecified atom stereocenters. The number of aromatic carboxylic acids is 1. The molecule has 0 radical (unpaired) electrons. The van der Waals surface area contributed by atoms with E-state index in [-0.39, 0.29) is 22.4 Å². The molecule has 0 atom stereocenters. The number of benzene rings is 2. The van der Waals surface area contributed by atoms with Crippen molar-refractivity contribution >= 4 is 11.9 Å². The van der Waals surface area contributed by atoms with E-state index in [9.17, 15) is 14.7 Å². The van der Waals surface area contributed by atoms with E-state index in [2.05, 4.69) is 25.9 Å². The van der Waals surface area contributed by atoms with Crippen molar-refractivity contribution < 1.29 is 14.7 Å². The molecule has 3 aromatic rings. The number of carbonyl (C=O) groups is 2. The van der Waals surface area contributed by atoms with E-state index in [1.807, 2.05) is 63.2 Å². The first-order valence-electron chi connectivity index (χ1n) is 10.5. The summed E-state index contributed by atoms with van der Waals surface area (Å²) in [4.78, 5) is 22.1. The van der Waals surface area contributed by atoms with Gasteiger partial charge in [0.15, 0.2) is 0 Å². The van der Waals surface area contributed by atoms with Crippen molar-refractivity contribution in [2.75, 3.05) is 0 Å². The standard InChI is InChI=1S/C15H18N2O2.C11H15NO/c1-15(2,3)13-9-12(14(18)19)17(16-13)10-11-7-5-4-6-8-11;1-11(2,3)9-6-4-8(5-7-9)10(12)13/h4-9H,10H2,1-3H3,(H,18,19);4-7H,1-3H3,(H2,12,13). The van der Waals surface area contributed by atoms with Gasteiger partial charge in [0.2, 0.25) is 5.91 Å². The lowest BCUT2D eigenvalue weighted by Gasteiger charge is -2.18. The number of nitrogens with two attached hydrogens (primary N) is 1. The third-order valence-corrected chi connectivity index (χ3v) is 4.98. The Kier molecular flexibility index (Phi) is 7.62. The molecule has 3 N–H and O–H groups in total. The topological polar surface area (TPSA) is 98.2 Å². The molecule has 6 nitrogen and oxygen atoms in total. The molecule has 0 bridgehead atoms. The Morgan fingerprint density at radius 3 is 1.91 bits per heavy atom. The molecule has 1 heterocycles. The quantitative estimate of drug-likeness (QED) is 0.602. The Morgan fingerprint density at radius 1 is 0.906 bits per heavy atom. The summed E-state index contributed by atoms with van der Waals surface area (Å²) < 4.78 is 1.55. The average Bonchev–Trinajstić information content (AvgIpc) is 3.13. The first-order valence-corrected chi connectivity index (χ1v) is 10.5. The zero-order valence-corrected chi connectivity index (χ0v) is 19.7. The molecule has 0 aliphatic rings. The first kappa shape index (κ1) is 24.9. The van der Waals surface area contributed by atoms with Crippen LogP contribution in [-0.4, -0.2) is 26.8 Å². The minimum Gasteiger partial charge on any atom is -0.477 e. The van der Waals surface area contributed by atoms with Gasteiger partial charge in [-0.3, -0.25) is 9.48 Å². The fraction of sp³-hybridized carbons (Fsp3) is 0.346. The highest BCUT2D eigenvalue weighted by Gasteiger charge is 2.22. The summed E-state index contributed by atoms with van der Waals surface area (Å²) in [7, 11) is 0. The van der Waals surface area contributed by atoms with E-state index in [1.54, 1.807) is 22.9 Å². The van der Waals surface area contributed by atoms with Crippen LogP contribution in [0.15, 0.2) is 60.7 Å². The molecular formula is C26H33N3O3. The Labute approximate surface area is 190 Å². The van der Waals surface area contributed by atoms with Gasteiger partial charge in [0.25, 0.3) is 0 Å². The minimum absolute atomic E-state index is 0.121. The van der Waals surface area contributed by atoms with E-state index in [1.165, 1.54) is 5.56 Å². The van der Waals surface area contributed by atoms with E-state index >= 15 is 0 Å². The lowest BCUT2D eigenvalue weighted by molar-refractivity contribution is 0.0683. The van der Waals surface area contributed by atoms with Crippen LogP contribution in [0.1, 0.15) is 79.2 Å². The maximum atomic E-state index is 11.3. The van der Waals surface area contributed by atoms with E-state index in [0.29, 0.717) is 12.1 Å². The summed E-state index contributed by atoms with van der Waals surface area (Å²) in [6, 6.07) is 18.8. The first-order chi connectivity index (χ1) is 14.8. The molecule has 1 aromatic heterocycles. The van der Waals surface area contributed by atoms with Gasteiger partial charge < -0.3 is 10.8 Å². The number of primary amides is 1. The normalized spacial score (nSPS) is 11.4. The van der Waals surface area contributed by atoms with E-state index < -0.39 is 5.97 Å². The van der Waals surface area contributed by atoms with Gasteiger partial charge in [0.1, 0.15) is 5.69 Å². The van der Waals surface area contributed by atoms with Gasteiger partial charge >= 0.3 is 5.97 Å². The Bertz CT molecular complexity index is 1050. The number of rotatable bonds is 4. The van der Waals surface area contributed by atoms with E-state index in [0.717, 1.165) is 11.3 Å². The number of amides is 1. The van der Waals surface area contributed by atoms with Gasteiger partial charge in [0.05, 0.1) is 12.2 Å². The number of hydrogen-bond acceptors (Lipinski definition) is 3. The van der Waals surface area contributed by atoms with Gasteiger partial charge in [-0.2, -0.15) is 5.10 Å². The molecule has 6 heteroatoms. The number of carbonyl (C=O) groups excluding carboxylic acids is 1. The lowest BCUT2D eigenvalue weighted by Crippen LogP contribution is -2.14. The van der Waals surface area contributed by atoms with Crippen LogP contribution in [0.25, 0.3) is 0 Å². The fourth-order valence-corrected chi connectivity index (χ4v) is 2.97. The summed E-state index contributed by atoms with van der Waals surface area (Å²) in [5.74, 6) is -1.32. The number of nitrogens with zero attached hydrogens (tertiary/aromatic N) is 2. The molecule has 0 saturated carbocycles. The summed E-state index contributed by atoms with van der Waals surface area (Å²) >= 11 is 0. The molecule has 170 valence electrons. The highest BCUT2D eigenvalue weighted by atomic mass is 16.4. The van der Waals surface area contributed by atoms with Gasteiger partial charge in [-0.05, 0) is 34.7 Å². The van der Waals surface area contributed by atoms with Gasteiger partial charge in [-0.1, -0.05) is 84.0 Å². The molecule has 0 fully saturated rings. The van der Waals surface area contributed by atoms with Crippen molar-refractivity contribution in [1.29, 1.82) is 0 Å². The third-order valence-electron chi connectivity index (χ3n) is 4.98. The second-order valence-corrected chi connectivity index (χ2v) is 9.80. The second kappa shape index (κ2) is 9.81. The van der Waals surface area contributed by atoms with Crippen molar-refractivity contribution in [2.24, 2.45) is 5.73 Å². The Balaban J connectivity index is 0.000000244. The molecule has 0 aliphatic heterocycles. The van der Waals surface area contributed by atoms with Crippen LogP contribution in [0, 0.1) is 0 Å². The number of aromatic nitrogens is 2. The third kappa shape index (κ3) is 6.80. The van der Waals surface area contributed by atoms with Gasteiger partial charge in [-0.15, -0.1) is 0 Å². The highest BCUT2D eigenvalue weighted by Crippen LogP contribution is 2.23. The van der Waals surface area contributed by atoms with Crippen LogP contribution in [0.5, 0.6) is 0 Å². The fourth-order valence-electron chi connectivity index (χ4n) is 2.97.